The van der Waals surface area contributed by atoms with E-state index in [-0.39, 0.29) is 5.75 Å². The van der Waals surface area contributed by atoms with Gasteiger partial charge in [0.05, 0.1) is 0 Å². The van der Waals surface area contributed by atoms with Gasteiger partial charge in [-0.25, -0.2) is 9.97 Å². The molecule has 0 aliphatic rings. The van der Waals surface area contributed by atoms with E-state index in [0.717, 1.165) is 6.07 Å². The fourth-order valence-electron chi connectivity index (χ4n) is 2.63. The summed E-state index contributed by atoms with van der Waals surface area (Å²) in [5, 5.41) is 0. The molecule has 2 heterocycles. The van der Waals surface area contributed by atoms with E-state index in [2.05, 4.69) is 9.97 Å². The molecule has 0 atom stereocenters. The van der Waals surface area contributed by atoms with Gasteiger partial charge in [0.2, 0.25) is 0 Å². The Morgan fingerprint density at radius 3 is 2.35 bits per heavy atom. The van der Waals surface area contributed by atoms with Crippen molar-refractivity contribution in [3.8, 4) is 17.1 Å². The fraction of sp³-hybridized carbons (Fsp3) is 0.0526. The first-order valence-corrected chi connectivity index (χ1v) is 7.77. The van der Waals surface area contributed by atoms with Crippen LogP contribution in [0.4, 0.5) is 13.2 Å². The van der Waals surface area contributed by atoms with E-state index in [0.29, 0.717) is 22.6 Å². The molecule has 0 bridgehead atoms. The monoisotopic (exact) mass is 355 g/mol. The molecule has 7 heteroatoms. The van der Waals surface area contributed by atoms with Gasteiger partial charge < -0.3 is 4.84 Å². The van der Waals surface area contributed by atoms with Crippen molar-refractivity contribution in [1.29, 1.82) is 0 Å². The number of pyridine rings is 1. The third-order valence-electron chi connectivity index (χ3n) is 3.79. The molecule has 4 nitrogen and oxygen atoms in total. The first-order valence-electron chi connectivity index (χ1n) is 7.77. The smallest absolute Gasteiger partial charge is 0.371 e. The van der Waals surface area contributed by atoms with Crippen molar-refractivity contribution < 1.29 is 18.0 Å². The second-order valence-corrected chi connectivity index (χ2v) is 5.53. The Bertz CT molecular complexity index is 1060. The molecular weight excluding hydrogens is 343 g/mol. The minimum Gasteiger partial charge on any atom is -0.371 e. The average molecular weight is 355 g/mol. The highest BCUT2D eigenvalue weighted by molar-refractivity contribution is 5.76. The molecule has 26 heavy (non-hydrogen) atoms. The largest absolute Gasteiger partial charge is 0.420 e. The van der Waals surface area contributed by atoms with Gasteiger partial charge in [-0.3, -0.25) is 0 Å². The van der Waals surface area contributed by atoms with Crippen LogP contribution >= 0.6 is 0 Å². The topological polar surface area (TPSA) is 39.9 Å². The van der Waals surface area contributed by atoms with E-state index < -0.39 is 11.7 Å². The van der Waals surface area contributed by atoms with E-state index >= 15 is 0 Å². The van der Waals surface area contributed by atoms with Gasteiger partial charge in [0, 0.05) is 11.8 Å². The normalized spacial score (nSPS) is 11.7. The number of aromatic nitrogens is 3. The molecule has 0 radical (unpaired) electrons. The van der Waals surface area contributed by atoms with Crippen LogP contribution in [-0.4, -0.2) is 14.7 Å². The molecule has 4 rings (SSSR count). The van der Waals surface area contributed by atoms with Crippen LogP contribution in [0.25, 0.3) is 22.6 Å². The number of halogens is 3. The zero-order valence-corrected chi connectivity index (χ0v) is 13.3. The molecule has 0 aliphatic carbocycles. The van der Waals surface area contributed by atoms with Crippen LogP contribution in [0.2, 0.25) is 0 Å². The molecule has 0 unspecified atom stereocenters. The van der Waals surface area contributed by atoms with Gasteiger partial charge in [-0.15, -0.1) is 4.73 Å². The average Bonchev–Trinajstić information content (AvgIpc) is 3.01. The number of rotatable bonds is 3. The lowest BCUT2D eigenvalue weighted by molar-refractivity contribution is -0.139. The molecule has 2 aromatic carbocycles. The zero-order valence-electron chi connectivity index (χ0n) is 13.3. The molecule has 0 aliphatic heterocycles. The quantitative estimate of drug-likeness (QED) is 0.521. The van der Waals surface area contributed by atoms with Gasteiger partial charge in [-0.1, -0.05) is 42.5 Å². The summed E-state index contributed by atoms with van der Waals surface area (Å²) in [6, 6.07) is 17.6. The molecular formula is C19H12F3N3O. The van der Waals surface area contributed by atoms with Crippen LogP contribution < -0.4 is 4.84 Å². The predicted octanol–water partition coefficient (Wildman–Crippen LogP) is 4.96. The Labute approximate surface area is 146 Å². The van der Waals surface area contributed by atoms with Crippen molar-refractivity contribution in [1.82, 2.24) is 14.7 Å². The Hall–Kier alpha value is -3.35. The molecule has 0 fully saturated rings. The summed E-state index contributed by atoms with van der Waals surface area (Å²) < 4.78 is 41.1. The number of para-hydroxylation sites is 1. The molecule has 4 aromatic rings. The van der Waals surface area contributed by atoms with Crippen LogP contribution in [0.3, 0.4) is 0 Å². The lowest BCUT2D eigenvalue weighted by Crippen LogP contribution is -2.13. The SMILES string of the molecule is FC(F)(F)c1ccccc1On1c(-c2ccccc2)nc2cccnc21. The third kappa shape index (κ3) is 2.88. The number of hydrogen-bond donors (Lipinski definition) is 0. The van der Waals surface area contributed by atoms with Gasteiger partial charge >= 0.3 is 6.18 Å². The fourth-order valence-corrected chi connectivity index (χ4v) is 2.63. The molecule has 2 aromatic heterocycles. The minimum absolute atomic E-state index is 0.317. The standard InChI is InChI=1S/C19H12F3N3O/c20-19(21,22)14-9-4-5-11-16(14)26-25-17(13-7-2-1-3-8-13)24-15-10-6-12-23-18(15)25/h1-12H. The maximum Gasteiger partial charge on any atom is 0.420 e. The van der Waals surface area contributed by atoms with Crippen LogP contribution in [-0.2, 0) is 6.18 Å². The van der Waals surface area contributed by atoms with Crippen LogP contribution in [0.5, 0.6) is 5.75 Å². The summed E-state index contributed by atoms with van der Waals surface area (Å²) in [6.45, 7) is 0. The number of hydrogen-bond acceptors (Lipinski definition) is 3. The maximum atomic E-state index is 13.3. The van der Waals surface area contributed by atoms with E-state index in [1.54, 1.807) is 24.3 Å². The molecule has 0 saturated heterocycles. The number of alkyl halides is 3. The third-order valence-corrected chi connectivity index (χ3v) is 3.79. The van der Waals surface area contributed by atoms with Crippen molar-refractivity contribution in [3.05, 3.63) is 78.5 Å². The van der Waals surface area contributed by atoms with Gasteiger partial charge in [-0.2, -0.15) is 13.2 Å². The molecule has 130 valence electrons. The summed E-state index contributed by atoms with van der Waals surface area (Å²) >= 11 is 0. The van der Waals surface area contributed by atoms with E-state index in [1.807, 2.05) is 18.2 Å². The Balaban J connectivity index is 1.90. The summed E-state index contributed by atoms with van der Waals surface area (Å²) in [7, 11) is 0. The molecule has 0 spiro atoms. The van der Waals surface area contributed by atoms with Gasteiger partial charge in [0.25, 0.3) is 0 Å². The Kier molecular flexibility index (Phi) is 3.84. The van der Waals surface area contributed by atoms with E-state index in [1.165, 1.54) is 29.1 Å². The molecule has 0 amide bonds. The van der Waals surface area contributed by atoms with Gasteiger partial charge in [0.15, 0.2) is 17.2 Å². The van der Waals surface area contributed by atoms with Crippen molar-refractivity contribution in [3.63, 3.8) is 0 Å². The molecule has 0 N–H and O–H groups in total. The highest BCUT2D eigenvalue weighted by atomic mass is 19.4. The number of nitrogens with zero attached hydrogens (tertiary/aromatic N) is 3. The second-order valence-electron chi connectivity index (χ2n) is 5.53. The van der Waals surface area contributed by atoms with Crippen molar-refractivity contribution >= 4 is 11.2 Å². The predicted molar refractivity (Wildman–Crippen MR) is 90.4 cm³/mol. The van der Waals surface area contributed by atoms with Gasteiger partial charge in [-0.05, 0) is 24.3 Å². The number of benzene rings is 2. The first-order chi connectivity index (χ1) is 12.5. The van der Waals surface area contributed by atoms with E-state index in [4.69, 9.17) is 4.84 Å². The first kappa shape index (κ1) is 16.1. The highest BCUT2D eigenvalue weighted by Crippen LogP contribution is 2.37. The summed E-state index contributed by atoms with van der Waals surface area (Å²) in [4.78, 5) is 14.3. The van der Waals surface area contributed by atoms with Crippen LogP contribution in [0.15, 0.2) is 72.9 Å². The lowest BCUT2D eigenvalue weighted by atomic mass is 10.2. The summed E-state index contributed by atoms with van der Waals surface area (Å²) in [5.74, 6) is 0.0541. The number of imidazole rings is 1. The van der Waals surface area contributed by atoms with Crippen molar-refractivity contribution in [2.45, 2.75) is 6.18 Å². The van der Waals surface area contributed by atoms with Crippen LogP contribution in [0.1, 0.15) is 5.56 Å². The van der Waals surface area contributed by atoms with Crippen molar-refractivity contribution in [2.75, 3.05) is 0 Å². The van der Waals surface area contributed by atoms with Crippen LogP contribution in [0, 0.1) is 0 Å². The Morgan fingerprint density at radius 1 is 0.846 bits per heavy atom. The molecule has 0 saturated carbocycles. The summed E-state index contributed by atoms with van der Waals surface area (Å²) in [6.07, 6.45) is -3.00. The minimum atomic E-state index is -4.53. The Morgan fingerprint density at radius 2 is 1.58 bits per heavy atom. The second kappa shape index (κ2) is 6.18. The zero-order chi connectivity index (χ0) is 18.1. The highest BCUT2D eigenvalue weighted by Gasteiger charge is 2.34. The van der Waals surface area contributed by atoms with Crippen molar-refractivity contribution in [2.24, 2.45) is 0 Å². The van der Waals surface area contributed by atoms with Gasteiger partial charge in [0.1, 0.15) is 11.1 Å². The van der Waals surface area contributed by atoms with E-state index in [9.17, 15) is 13.2 Å². The lowest BCUT2D eigenvalue weighted by Gasteiger charge is -2.15. The number of fused-ring (bicyclic) bond motifs is 1. The maximum absolute atomic E-state index is 13.3. The summed E-state index contributed by atoms with van der Waals surface area (Å²) in [5.41, 5.74) is 0.700.